The van der Waals surface area contributed by atoms with Crippen LogP contribution in [0.3, 0.4) is 0 Å². The standard InChI is InChI=1S/C13H25N3S/c1-5-8-14-13(10-17-11(3)6-2)12-7-9-16(4)15-12/h7,9,11,13-14H,5-6,8,10H2,1-4H3. The second-order valence-corrected chi connectivity index (χ2v) is 5.94. The highest BCUT2D eigenvalue weighted by atomic mass is 32.2. The molecule has 0 aliphatic rings. The minimum atomic E-state index is 0.384. The lowest BCUT2D eigenvalue weighted by Gasteiger charge is -2.18. The van der Waals surface area contributed by atoms with Crippen LogP contribution in [0.4, 0.5) is 0 Å². The van der Waals surface area contributed by atoms with Crippen molar-refractivity contribution in [1.82, 2.24) is 15.1 Å². The highest BCUT2D eigenvalue weighted by molar-refractivity contribution is 7.99. The van der Waals surface area contributed by atoms with E-state index in [2.05, 4.69) is 37.3 Å². The molecule has 1 heterocycles. The van der Waals surface area contributed by atoms with Crippen LogP contribution in [0.2, 0.25) is 0 Å². The van der Waals surface area contributed by atoms with Gasteiger partial charge in [-0.15, -0.1) is 0 Å². The van der Waals surface area contributed by atoms with Gasteiger partial charge in [0.05, 0.1) is 11.7 Å². The summed E-state index contributed by atoms with van der Waals surface area (Å²) in [6.07, 6.45) is 4.41. The van der Waals surface area contributed by atoms with Crippen molar-refractivity contribution in [3.63, 3.8) is 0 Å². The Hall–Kier alpha value is -0.480. The Morgan fingerprint density at radius 2 is 2.24 bits per heavy atom. The van der Waals surface area contributed by atoms with Crippen LogP contribution < -0.4 is 5.32 Å². The highest BCUT2D eigenvalue weighted by Crippen LogP contribution is 2.21. The van der Waals surface area contributed by atoms with E-state index >= 15 is 0 Å². The van der Waals surface area contributed by atoms with Gasteiger partial charge in [-0.05, 0) is 25.5 Å². The maximum Gasteiger partial charge on any atom is 0.0802 e. The molecule has 0 aliphatic carbocycles. The van der Waals surface area contributed by atoms with Gasteiger partial charge in [0.2, 0.25) is 0 Å². The van der Waals surface area contributed by atoms with E-state index in [0.29, 0.717) is 6.04 Å². The summed E-state index contributed by atoms with van der Waals surface area (Å²) in [6, 6.07) is 2.50. The topological polar surface area (TPSA) is 29.9 Å². The maximum absolute atomic E-state index is 4.51. The van der Waals surface area contributed by atoms with E-state index < -0.39 is 0 Å². The predicted octanol–water partition coefficient (Wildman–Crippen LogP) is 2.99. The molecule has 0 saturated heterocycles. The fraction of sp³-hybridized carbons (Fsp3) is 0.769. The van der Waals surface area contributed by atoms with E-state index in [1.807, 2.05) is 29.7 Å². The Balaban J connectivity index is 2.54. The molecule has 2 atom stereocenters. The first-order valence-corrected chi connectivity index (χ1v) is 7.56. The lowest BCUT2D eigenvalue weighted by molar-refractivity contribution is 0.555. The molecule has 2 unspecified atom stereocenters. The molecule has 98 valence electrons. The first kappa shape index (κ1) is 14.6. The zero-order valence-corrected chi connectivity index (χ0v) is 12.3. The number of rotatable bonds is 8. The summed E-state index contributed by atoms with van der Waals surface area (Å²) in [6.45, 7) is 7.79. The second-order valence-electron chi connectivity index (χ2n) is 4.47. The number of aromatic nitrogens is 2. The molecule has 0 aliphatic heterocycles. The minimum absolute atomic E-state index is 0.384. The van der Waals surface area contributed by atoms with E-state index in [4.69, 9.17) is 0 Å². The van der Waals surface area contributed by atoms with Crippen molar-refractivity contribution < 1.29 is 0 Å². The van der Waals surface area contributed by atoms with Crippen LogP contribution in [-0.4, -0.2) is 27.3 Å². The molecule has 1 aromatic rings. The van der Waals surface area contributed by atoms with Gasteiger partial charge in [0.1, 0.15) is 0 Å². The van der Waals surface area contributed by atoms with E-state index in [1.165, 1.54) is 6.42 Å². The van der Waals surface area contributed by atoms with Crippen molar-refractivity contribution in [3.05, 3.63) is 18.0 Å². The minimum Gasteiger partial charge on any atom is -0.308 e. The van der Waals surface area contributed by atoms with Gasteiger partial charge in [-0.25, -0.2) is 0 Å². The van der Waals surface area contributed by atoms with Crippen LogP contribution >= 0.6 is 11.8 Å². The Labute approximate surface area is 109 Å². The van der Waals surface area contributed by atoms with E-state index in [1.54, 1.807) is 0 Å². The third kappa shape index (κ3) is 5.13. The van der Waals surface area contributed by atoms with E-state index in [-0.39, 0.29) is 0 Å². The fourth-order valence-corrected chi connectivity index (χ4v) is 2.61. The average molecular weight is 255 g/mol. The molecule has 0 spiro atoms. The van der Waals surface area contributed by atoms with Gasteiger partial charge in [-0.2, -0.15) is 16.9 Å². The molecular formula is C13H25N3S. The quantitative estimate of drug-likeness (QED) is 0.774. The summed E-state index contributed by atoms with van der Waals surface area (Å²) >= 11 is 2.03. The SMILES string of the molecule is CCCNC(CSC(C)CC)c1ccn(C)n1. The molecule has 4 heteroatoms. The fourth-order valence-electron chi connectivity index (χ4n) is 1.56. The van der Waals surface area contributed by atoms with Crippen molar-refractivity contribution in [2.24, 2.45) is 7.05 Å². The van der Waals surface area contributed by atoms with Crippen LogP contribution in [0.25, 0.3) is 0 Å². The van der Waals surface area contributed by atoms with Crippen molar-refractivity contribution in [2.45, 2.75) is 44.9 Å². The number of nitrogens with one attached hydrogen (secondary N) is 1. The normalized spacial score (nSPS) is 14.8. The molecule has 1 rings (SSSR count). The summed E-state index contributed by atoms with van der Waals surface area (Å²) in [5.74, 6) is 1.10. The average Bonchev–Trinajstić information content (AvgIpc) is 2.75. The lowest BCUT2D eigenvalue weighted by atomic mass is 10.2. The maximum atomic E-state index is 4.51. The Bertz CT molecular complexity index is 311. The zero-order valence-electron chi connectivity index (χ0n) is 11.4. The Kier molecular flexibility index (Phi) is 6.66. The summed E-state index contributed by atoms with van der Waals surface area (Å²) in [5, 5.41) is 8.82. The molecule has 0 aromatic carbocycles. The third-order valence-electron chi connectivity index (χ3n) is 2.85. The van der Waals surface area contributed by atoms with E-state index in [9.17, 15) is 0 Å². The molecule has 1 aromatic heterocycles. The van der Waals surface area contributed by atoms with Gasteiger partial charge in [-0.3, -0.25) is 4.68 Å². The monoisotopic (exact) mass is 255 g/mol. The highest BCUT2D eigenvalue weighted by Gasteiger charge is 2.14. The van der Waals surface area contributed by atoms with Crippen molar-refractivity contribution in [1.29, 1.82) is 0 Å². The van der Waals surface area contributed by atoms with Crippen LogP contribution in [0.1, 0.15) is 45.3 Å². The predicted molar refractivity (Wildman–Crippen MR) is 76.5 cm³/mol. The number of hydrogen-bond acceptors (Lipinski definition) is 3. The smallest absolute Gasteiger partial charge is 0.0802 e. The third-order valence-corrected chi connectivity index (χ3v) is 4.28. The summed E-state index contributed by atoms with van der Waals surface area (Å²) in [7, 11) is 1.97. The number of nitrogens with zero attached hydrogens (tertiary/aromatic N) is 2. The largest absolute Gasteiger partial charge is 0.308 e. The summed E-state index contributed by atoms with van der Waals surface area (Å²) in [5.41, 5.74) is 1.16. The number of hydrogen-bond donors (Lipinski definition) is 1. The molecular weight excluding hydrogens is 230 g/mol. The van der Waals surface area contributed by atoms with Gasteiger partial charge < -0.3 is 5.32 Å². The van der Waals surface area contributed by atoms with Crippen molar-refractivity contribution in [2.75, 3.05) is 12.3 Å². The van der Waals surface area contributed by atoms with Crippen LogP contribution in [0.5, 0.6) is 0 Å². The molecule has 0 saturated carbocycles. The molecule has 0 amide bonds. The second kappa shape index (κ2) is 7.77. The summed E-state index contributed by atoms with van der Waals surface area (Å²) < 4.78 is 1.88. The van der Waals surface area contributed by atoms with Crippen LogP contribution in [0.15, 0.2) is 12.3 Å². The van der Waals surface area contributed by atoms with Gasteiger partial charge in [0.25, 0.3) is 0 Å². The lowest BCUT2D eigenvalue weighted by Crippen LogP contribution is -2.25. The van der Waals surface area contributed by atoms with E-state index in [0.717, 1.165) is 29.7 Å². The zero-order chi connectivity index (χ0) is 12.7. The molecule has 0 radical (unpaired) electrons. The van der Waals surface area contributed by atoms with Gasteiger partial charge in [0, 0.05) is 24.2 Å². The van der Waals surface area contributed by atoms with Gasteiger partial charge in [-0.1, -0.05) is 20.8 Å². The van der Waals surface area contributed by atoms with Crippen molar-refractivity contribution in [3.8, 4) is 0 Å². The molecule has 0 bridgehead atoms. The molecule has 1 N–H and O–H groups in total. The van der Waals surface area contributed by atoms with Crippen LogP contribution in [-0.2, 0) is 7.05 Å². The van der Waals surface area contributed by atoms with Crippen molar-refractivity contribution >= 4 is 11.8 Å². The number of aryl methyl sites for hydroxylation is 1. The van der Waals surface area contributed by atoms with Crippen LogP contribution in [0, 0.1) is 0 Å². The Morgan fingerprint density at radius 1 is 1.47 bits per heavy atom. The van der Waals surface area contributed by atoms with Gasteiger partial charge in [0.15, 0.2) is 0 Å². The van der Waals surface area contributed by atoms with Gasteiger partial charge >= 0.3 is 0 Å². The summed E-state index contributed by atoms with van der Waals surface area (Å²) in [4.78, 5) is 0. The number of thioether (sulfide) groups is 1. The molecule has 3 nitrogen and oxygen atoms in total. The molecule has 17 heavy (non-hydrogen) atoms. The Morgan fingerprint density at radius 3 is 2.76 bits per heavy atom. The first-order valence-electron chi connectivity index (χ1n) is 6.51. The molecule has 0 fully saturated rings. The first-order chi connectivity index (χ1) is 8.17.